The van der Waals surface area contributed by atoms with E-state index in [4.69, 9.17) is 10.5 Å². The highest BCUT2D eigenvalue weighted by atomic mass is 16.5. The van der Waals surface area contributed by atoms with Gasteiger partial charge >= 0.3 is 0 Å². The summed E-state index contributed by atoms with van der Waals surface area (Å²) in [5.74, 6) is 0.906. The minimum absolute atomic E-state index is 0.275. The Bertz CT molecular complexity index is 707. The number of methoxy groups -OCH3 is 1. The molecule has 1 atom stereocenters. The summed E-state index contributed by atoms with van der Waals surface area (Å²) in [6.07, 6.45) is 1.01. The second kappa shape index (κ2) is 6.34. The first-order valence-electron chi connectivity index (χ1n) is 8.15. The molecule has 124 valence electrons. The molecule has 1 aliphatic heterocycles. The summed E-state index contributed by atoms with van der Waals surface area (Å²) >= 11 is 0. The molecule has 5 nitrogen and oxygen atoms in total. The van der Waals surface area contributed by atoms with Gasteiger partial charge in [-0.25, -0.2) is 0 Å². The molecule has 0 saturated heterocycles. The second-order valence-corrected chi connectivity index (χ2v) is 6.31. The van der Waals surface area contributed by atoms with Crippen LogP contribution < -0.4 is 10.5 Å². The number of rotatable bonds is 5. The first-order chi connectivity index (χ1) is 11.0. The van der Waals surface area contributed by atoms with E-state index >= 15 is 0 Å². The maximum absolute atomic E-state index is 6.06. The largest absolute Gasteiger partial charge is 0.497 e. The summed E-state index contributed by atoms with van der Waals surface area (Å²) in [6.45, 7) is 6.81. The molecule has 3 rings (SSSR count). The minimum atomic E-state index is 0.275. The molecule has 23 heavy (non-hydrogen) atoms. The van der Waals surface area contributed by atoms with Crippen LogP contribution in [-0.4, -0.2) is 34.9 Å². The first kappa shape index (κ1) is 16.0. The Morgan fingerprint density at radius 3 is 2.74 bits per heavy atom. The molecule has 2 N–H and O–H groups in total. The lowest BCUT2D eigenvalue weighted by Crippen LogP contribution is -2.30. The van der Waals surface area contributed by atoms with Crippen LogP contribution in [0.3, 0.4) is 0 Å². The van der Waals surface area contributed by atoms with Gasteiger partial charge in [0.2, 0.25) is 0 Å². The zero-order chi connectivity index (χ0) is 16.6. The van der Waals surface area contributed by atoms with Crippen molar-refractivity contribution in [2.75, 3.05) is 20.2 Å². The number of ether oxygens (including phenoxy) is 1. The molecule has 0 saturated carbocycles. The van der Waals surface area contributed by atoms with Crippen molar-refractivity contribution in [3.05, 3.63) is 46.3 Å². The lowest BCUT2D eigenvalue weighted by Gasteiger charge is -2.23. The van der Waals surface area contributed by atoms with Gasteiger partial charge in [0, 0.05) is 38.4 Å². The zero-order valence-electron chi connectivity index (χ0n) is 14.5. The molecule has 5 heteroatoms. The van der Waals surface area contributed by atoms with Gasteiger partial charge in [-0.05, 0) is 49.1 Å². The van der Waals surface area contributed by atoms with Crippen LogP contribution in [0.25, 0.3) is 0 Å². The summed E-state index contributed by atoms with van der Waals surface area (Å²) in [4.78, 5) is 2.47. The Balaban J connectivity index is 1.76. The molecule has 0 spiro atoms. The molecule has 0 amide bonds. The SMILES string of the molecule is COc1ccc2c(c1)C(CN)N(CCc1c(C)nn(C)c1C)C2. The average Bonchev–Trinajstić information content (AvgIpc) is 3.01. The Morgan fingerprint density at radius 1 is 1.35 bits per heavy atom. The molecule has 0 bridgehead atoms. The number of nitrogens with zero attached hydrogens (tertiary/aromatic N) is 3. The Morgan fingerprint density at radius 2 is 2.13 bits per heavy atom. The third-order valence-corrected chi connectivity index (χ3v) is 5.06. The highest BCUT2D eigenvalue weighted by Gasteiger charge is 2.29. The summed E-state index contributed by atoms with van der Waals surface area (Å²) in [5.41, 5.74) is 12.5. The van der Waals surface area contributed by atoms with Crippen molar-refractivity contribution >= 4 is 0 Å². The molecule has 0 fully saturated rings. The van der Waals surface area contributed by atoms with E-state index in [0.29, 0.717) is 6.54 Å². The third-order valence-electron chi connectivity index (χ3n) is 5.06. The lowest BCUT2D eigenvalue weighted by atomic mass is 10.0. The Labute approximate surface area is 138 Å². The molecule has 2 aromatic rings. The van der Waals surface area contributed by atoms with Crippen molar-refractivity contribution in [1.29, 1.82) is 0 Å². The van der Waals surface area contributed by atoms with Gasteiger partial charge in [0.1, 0.15) is 5.75 Å². The van der Waals surface area contributed by atoms with Gasteiger partial charge in [0.25, 0.3) is 0 Å². The van der Waals surface area contributed by atoms with Crippen molar-refractivity contribution in [2.24, 2.45) is 12.8 Å². The monoisotopic (exact) mass is 314 g/mol. The van der Waals surface area contributed by atoms with E-state index in [2.05, 4.69) is 36.0 Å². The van der Waals surface area contributed by atoms with Gasteiger partial charge in [0.05, 0.1) is 12.8 Å². The molecular weight excluding hydrogens is 288 g/mol. The molecule has 1 aromatic heterocycles. The van der Waals surface area contributed by atoms with E-state index in [1.54, 1.807) is 7.11 Å². The van der Waals surface area contributed by atoms with E-state index in [1.165, 1.54) is 22.4 Å². The average molecular weight is 314 g/mol. The number of fused-ring (bicyclic) bond motifs is 1. The van der Waals surface area contributed by atoms with E-state index in [1.807, 2.05) is 17.8 Å². The predicted molar refractivity (Wildman–Crippen MR) is 91.6 cm³/mol. The number of benzene rings is 1. The molecule has 0 aliphatic carbocycles. The number of hydrogen-bond acceptors (Lipinski definition) is 4. The summed E-state index contributed by atoms with van der Waals surface area (Å²) in [5, 5.41) is 4.51. The molecule has 1 aliphatic rings. The van der Waals surface area contributed by atoms with Gasteiger partial charge < -0.3 is 10.5 Å². The fourth-order valence-electron chi connectivity index (χ4n) is 3.63. The Kier molecular flexibility index (Phi) is 4.41. The number of nitrogens with two attached hydrogens (primary N) is 1. The van der Waals surface area contributed by atoms with Crippen LogP contribution >= 0.6 is 0 Å². The molecule has 1 unspecified atom stereocenters. The normalized spacial score (nSPS) is 17.5. The zero-order valence-corrected chi connectivity index (χ0v) is 14.5. The smallest absolute Gasteiger partial charge is 0.119 e. The quantitative estimate of drug-likeness (QED) is 0.918. The number of hydrogen-bond donors (Lipinski definition) is 1. The fourth-order valence-corrected chi connectivity index (χ4v) is 3.63. The summed E-state index contributed by atoms with van der Waals surface area (Å²) < 4.78 is 7.33. The van der Waals surface area contributed by atoms with Crippen LogP contribution in [0.4, 0.5) is 0 Å². The fraction of sp³-hybridized carbons (Fsp3) is 0.500. The lowest BCUT2D eigenvalue weighted by molar-refractivity contribution is 0.222. The van der Waals surface area contributed by atoms with Gasteiger partial charge in [-0.15, -0.1) is 0 Å². The molecule has 0 radical (unpaired) electrons. The minimum Gasteiger partial charge on any atom is -0.497 e. The van der Waals surface area contributed by atoms with Crippen molar-refractivity contribution in [3.8, 4) is 5.75 Å². The van der Waals surface area contributed by atoms with Crippen LogP contribution in [-0.2, 0) is 20.0 Å². The first-order valence-corrected chi connectivity index (χ1v) is 8.15. The molecular formula is C18H26N4O. The van der Waals surface area contributed by atoms with Crippen LogP contribution in [0.15, 0.2) is 18.2 Å². The maximum Gasteiger partial charge on any atom is 0.119 e. The summed E-state index contributed by atoms with van der Waals surface area (Å²) in [6, 6.07) is 6.60. The van der Waals surface area contributed by atoms with Crippen molar-refractivity contribution < 1.29 is 4.74 Å². The van der Waals surface area contributed by atoms with Gasteiger partial charge in [-0.3, -0.25) is 9.58 Å². The van der Waals surface area contributed by atoms with E-state index in [-0.39, 0.29) is 6.04 Å². The summed E-state index contributed by atoms with van der Waals surface area (Å²) in [7, 11) is 3.71. The molecule has 1 aromatic carbocycles. The standard InChI is InChI=1S/C18H26N4O/c1-12-16(13(2)21(3)20-12)7-8-22-11-14-5-6-15(23-4)9-17(14)18(22)10-19/h5-6,9,18H,7-8,10-11,19H2,1-4H3. The van der Waals surface area contributed by atoms with E-state index in [0.717, 1.165) is 31.0 Å². The van der Waals surface area contributed by atoms with E-state index < -0.39 is 0 Å². The highest BCUT2D eigenvalue weighted by Crippen LogP contribution is 2.35. The molecule has 2 heterocycles. The third kappa shape index (κ3) is 2.86. The topological polar surface area (TPSA) is 56.3 Å². The number of aryl methyl sites for hydroxylation is 2. The maximum atomic E-state index is 6.06. The van der Waals surface area contributed by atoms with Gasteiger partial charge in [-0.2, -0.15) is 5.10 Å². The van der Waals surface area contributed by atoms with Crippen molar-refractivity contribution in [1.82, 2.24) is 14.7 Å². The predicted octanol–water partition coefficient (Wildman–Crippen LogP) is 2.10. The van der Waals surface area contributed by atoms with Crippen molar-refractivity contribution in [3.63, 3.8) is 0 Å². The Hall–Kier alpha value is -1.85. The van der Waals surface area contributed by atoms with Crippen LogP contribution in [0.1, 0.15) is 34.1 Å². The second-order valence-electron chi connectivity index (χ2n) is 6.31. The van der Waals surface area contributed by atoms with Crippen LogP contribution in [0.5, 0.6) is 5.75 Å². The van der Waals surface area contributed by atoms with E-state index in [9.17, 15) is 0 Å². The van der Waals surface area contributed by atoms with Gasteiger partial charge in [-0.1, -0.05) is 6.07 Å². The number of aromatic nitrogens is 2. The van der Waals surface area contributed by atoms with Gasteiger partial charge in [0.15, 0.2) is 0 Å². The van der Waals surface area contributed by atoms with Crippen molar-refractivity contribution in [2.45, 2.75) is 32.9 Å². The highest BCUT2D eigenvalue weighted by molar-refractivity contribution is 5.41. The van der Waals surface area contributed by atoms with Crippen LogP contribution in [0.2, 0.25) is 0 Å². The van der Waals surface area contributed by atoms with Crippen LogP contribution in [0, 0.1) is 13.8 Å².